The third kappa shape index (κ3) is 2.78. The fourth-order valence-corrected chi connectivity index (χ4v) is 3.97. The molecule has 1 fully saturated rings. The zero-order valence-corrected chi connectivity index (χ0v) is 14.6. The van der Waals surface area contributed by atoms with Crippen molar-refractivity contribution in [2.45, 2.75) is 18.4 Å². The summed E-state index contributed by atoms with van der Waals surface area (Å²) < 4.78 is 10.3. The third-order valence-corrected chi connectivity index (χ3v) is 5.27. The Morgan fingerprint density at radius 1 is 1.08 bits per heavy atom. The number of ether oxygens (including phenoxy) is 2. The molecule has 26 heavy (non-hydrogen) atoms. The Bertz CT molecular complexity index is 796. The first kappa shape index (κ1) is 16.8. The minimum atomic E-state index is -0.766. The highest BCUT2D eigenvalue weighted by molar-refractivity contribution is 5.90. The van der Waals surface area contributed by atoms with Gasteiger partial charge in [0.05, 0.1) is 19.6 Å². The first-order valence-corrected chi connectivity index (χ1v) is 8.85. The van der Waals surface area contributed by atoms with E-state index in [2.05, 4.69) is 17.4 Å². The van der Waals surface area contributed by atoms with E-state index in [1.165, 1.54) is 7.11 Å². The summed E-state index contributed by atoms with van der Waals surface area (Å²) in [6.45, 7) is 0.980. The van der Waals surface area contributed by atoms with Crippen LogP contribution in [0.4, 0.5) is 0 Å². The molecule has 1 amide bonds. The number of rotatable bonds is 4. The Morgan fingerprint density at radius 3 is 2.23 bits per heavy atom. The normalized spacial score (nSPS) is 19.5. The molecule has 2 aliphatic rings. The molecule has 2 aromatic carbocycles. The molecule has 5 nitrogen and oxygen atoms in total. The maximum Gasteiger partial charge on any atom is 0.329 e. The van der Waals surface area contributed by atoms with E-state index in [0.29, 0.717) is 19.6 Å². The van der Waals surface area contributed by atoms with Crippen LogP contribution in [0.2, 0.25) is 0 Å². The van der Waals surface area contributed by atoms with Crippen LogP contribution in [0.5, 0.6) is 0 Å². The van der Waals surface area contributed by atoms with E-state index < -0.39 is 12.0 Å². The van der Waals surface area contributed by atoms with Gasteiger partial charge in [-0.25, -0.2) is 4.79 Å². The van der Waals surface area contributed by atoms with Crippen LogP contribution in [-0.2, 0) is 19.1 Å². The summed E-state index contributed by atoms with van der Waals surface area (Å²) in [4.78, 5) is 25.3. The van der Waals surface area contributed by atoms with E-state index in [-0.39, 0.29) is 17.7 Å². The number of fused-ring (bicyclic) bond motifs is 3. The van der Waals surface area contributed by atoms with Gasteiger partial charge < -0.3 is 14.8 Å². The van der Waals surface area contributed by atoms with Crippen LogP contribution in [0.15, 0.2) is 48.5 Å². The molecular formula is C21H21NO4. The topological polar surface area (TPSA) is 64.6 Å². The van der Waals surface area contributed by atoms with Crippen molar-refractivity contribution in [1.29, 1.82) is 0 Å². The molecular weight excluding hydrogens is 330 g/mol. The minimum Gasteiger partial charge on any atom is -0.467 e. The van der Waals surface area contributed by atoms with Crippen molar-refractivity contribution >= 4 is 11.9 Å². The van der Waals surface area contributed by atoms with Gasteiger partial charge in [0.2, 0.25) is 5.91 Å². The van der Waals surface area contributed by atoms with Gasteiger partial charge in [0, 0.05) is 12.5 Å². The number of hydrogen-bond acceptors (Lipinski definition) is 4. The second-order valence-electron chi connectivity index (χ2n) is 6.72. The summed E-state index contributed by atoms with van der Waals surface area (Å²) in [6.07, 6.45) is 0.678. The fraction of sp³-hybridized carbons (Fsp3) is 0.333. The molecule has 0 saturated carbocycles. The summed E-state index contributed by atoms with van der Waals surface area (Å²) in [5, 5.41) is 2.94. The van der Waals surface area contributed by atoms with E-state index in [4.69, 9.17) is 9.47 Å². The van der Waals surface area contributed by atoms with Crippen molar-refractivity contribution in [2.24, 2.45) is 5.92 Å². The lowest BCUT2D eigenvalue weighted by Crippen LogP contribution is -2.47. The van der Waals surface area contributed by atoms with Crippen molar-refractivity contribution in [1.82, 2.24) is 5.32 Å². The third-order valence-electron chi connectivity index (χ3n) is 5.27. The van der Waals surface area contributed by atoms with Gasteiger partial charge in [-0.2, -0.15) is 0 Å². The molecule has 1 aliphatic heterocycles. The lowest BCUT2D eigenvalue weighted by atomic mass is 9.88. The molecule has 2 aromatic rings. The molecule has 0 aromatic heterocycles. The quantitative estimate of drug-likeness (QED) is 0.860. The average molecular weight is 351 g/mol. The van der Waals surface area contributed by atoms with Crippen molar-refractivity contribution in [3.63, 3.8) is 0 Å². The van der Waals surface area contributed by atoms with Gasteiger partial charge in [-0.05, 0) is 28.7 Å². The van der Waals surface area contributed by atoms with E-state index in [1.807, 2.05) is 36.4 Å². The molecule has 4 rings (SSSR count). The molecule has 0 bridgehead atoms. The predicted molar refractivity (Wildman–Crippen MR) is 96.6 cm³/mol. The van der Waals surface area contributed by atoms with Gasteiger partial charge in [0.25, 0.3) is 0 Å². The molecule has 0 spiro atoms. The molecule has 2 atom stereocenters. The first-order valence-electron chi connectivity index (χ1n) is 8.85. The monoisotopic (exact) mass is 351 g/mol. The molecule has 0 unspecified atom stereocenters. The maximum absolute atomic E-state index is 12.7. The van der Waals surface area contributed by atoms with Crippen LogP contribution < -0.4 is 5.32 Å². The van der Waals surface area contributed by atoms with Crippen LogP contribution in [-0.4, -0.2) is 38.2 Å². The largest absolute Gasteiger partial charge is 0.467 e. The molecule has 1 aliphatic carbocycles. The zero-order valence-electron chi connectivity index (χ0n) is 14.6. The van der Waals surface area contributed by atoms with Crippen molar-refractivity contribution in [3.05, 3.63) is 59.7 Å². The standard InChI is InChI=1S/C21H21NO4/c1-25-21(24)19(22-20(23)13-10-11-26-12-13)18-16-8-4-2-6-14(16)15-7-3-5-9-17(15)18/h2-9,13,18-19H,10-12H2,1H3,(H,22,23)/t13-,19+/m1/s1. The van der Waals surface area contributed by atoms with E-state index in [0.717, 1.165) is 22.3 Å². The van der Waals surface area contributed by atoms with Gasteiger partial charge in [-0.1, -0.05) is 48.5 Å². The number of benzene rings is 2. The highest BCUT2D eigenvalue weighted by atomic mass is 16.5. The van der Waals surface area contributed by atoms with Gasteiger partial charge in [0.1, 0.15) is 6.04 Å². The summed E-state index contributed by atoms with van der Waals surface area (Å²) >= 11 is 0. The predicted octanol–water partition coefficient (Wildman–Crippen LogP) is 2.49. The molecule has 1 saturated heterocycles. The number of hydrogen-bond donors (Lipinski definition) is 1. The maximum atomic E-state index is 12.7. The second kappa shape index (κ2) is 6.92. The van der Waals surface area contributed by atoms with Gasteiger partial charge >= 0.3 is 5.97 Å². The van der Waals surface area contributed by atoms with Gasteiger partial charge in [0.15, 0.2) is 0 Å². The van der Waals surface area contributed by atoms with Gasteiger partial charge in [-0.15, -0.1) is 0 Å². The number of esters is 1. The van der Waals surface area contributed by atoms with Crippen LogP contribution >= 0.6 is 0 Å². The molecule has 0 radical (unpaired) electrons. The Balaban J connectivity index is 1.73. The van der Waals surface area contributed by atoms with Crippen molar-refractivity contribution < 1.29 is 19.1 Å². The lowest BCUT2D eigenvalue weighted by Gasteiger charge is -2.25. The Kier molecular flexibility index (Phi) is 4.47. The Hall–Kier alpha value is -2.66. The summed E-state index contributed by atoms with van der Waals surface area (Å²) in [5.41, 5.74) is 4.26. The highest BCUT2D eigenvalue weighted by Gasteiger charge is 2.40. The number of nitrogens with one attached hydrogen (secondary N) is 1. The second-order valence-corrected chi connectivity index (χ2v) is 6.72. The van der Waals surface area contributed by atoms with Crippen LogP contribution in [0, 0.1) is 5.92 Å². The van der Waals surface area contributed by atoms with Gasteiger partial charge in [-0.3, -0.25) is 4.79 Å². The number of amides is 1. The van der Waals surface area contributed by atoms with Crippen LogP contribution in [0.1, 0.15) is 23.5 Å². The van der Waals surface area contributed by atoms with Crippen LogP contribution in [0.3, 0.4) is 0 Å². The molecule has 5 heteroatoms. The highest BCUT2D eigenvalue weighted by Crippen LogP contribution is 2.46. The smallest absolute Gasteiger partial charge is 0.329 e. The number of methoxy groups -OCH3 is 1. The molecule has 1 heterocycles. The van der Waals surface area contributed by atoms with E-state index in [9.17, 15) is 9.59 Å². The van der Waals surface area contributed by atoms with Crippen LogP contribution in [0.25, 0.3) is 11.1 Å². The Labute approximate surface area is 152 Å². The summed E-state index contributed by atoms with van der Waals surface area (Å²) in [5.74, 6) is -1.07. The average Bonchev–Trinajstić information content (AvgIpc) is 3.32. The molecule has 134 valence electrons. The minimum absolute atomic E-state index is 0.153. The lowest BCUT2D eigenvalue weighted by molar-refractivity contribution is -0.146. The fourth-order valence-electron chi connectivity index (χ4n) is 3.97. The SMILES string of the molecule is COC(=O)[C@@H](NC(=O)[C@@H]1CCOC1)C1c2ccccc2-c2ccccc21. The van der Waals surface area contributed by atoms with Crippen molar-refractivity contribution in [2.75, 3.05) is 20.3 Å². The molecule has 1 N–H and O–H groups in total. The summed E-state index contributed by atoms with van der Waals surface area (Å²) in [7, 11) is 1.35. The first-order chi connectivity index (χ1) is 12.7. The summed E-state index contributed by atoms with van der Waals surface area (Å²) in [6, 6.07) is 15.3. The van der Waals surface area contributed by atoms with E-state index >= 15 is 0 Å². The Morgan fingerprint density at radius 2 is 1.69 bits per heavy atom. The zero-order chi connectivity index (χ0) is 18.1. The number of carbonyl (C=O) groups excluding carboxylic acids is 2. The van der Waals surface area contributed by atoms with Crippen molar-refractivity contribution in [3.8, 4) is 11.1 Å². The van der Waals surface area contributed by atoms with E-state index in [1.54, 1.807) is 0 Å². The number of carbonyl (C=O) groups is 2.